The molecular formula is C13H9ClFNO3S. The number of thiophene rings is 1. The number of anilines is 1. The van der Waals surface area contributed by atoms with Gasteiger partial charge in [-0.3, -0.25) is 4.79 Å². The molecule has 20 heavy (non-hydrogen) atoms. The molecule has 2 aromatic rings. The third-order valence-corrected chi connectivity index (χ3v) is 4.26. The van der Waals surface area contributed by atoms with Crippen LogP contribution in [0.2, 0.25) is 5.02 Å². The minimum atomic E-state index is -1.26. The molecule has 0 aliphatic carbocycles. The van der Waals surface area contributed by atoms with Crippen molar-refractivity contribution in [1.82, 2.24) is 0 Å². The van der Waals surface area contributed by atoms with Gasteiger partial charge in [0.15, 0.2) is 0 Å². The number of amides is 1. The van der Waals surface area contributed by atoms with E-state index >= 15 is 0 Å². The van der Waals surface area contributed by atoms with E-state index in [1.54, 1.807) is 12.3 Å². The summed E-state index contributed by atoms with van der Waals surface area (Å²) in [6, 6.07) is 3.06. The van der Waals surface area contributed by atoms with Crippen LogP contribution in [0.3, 0.4) is 0 Å². The van der Waals surface area contributed by atoms with E-state index in [2.05, 4.69) is 5.32 Å². The molecule has 0 aliphatic heterocycles. The highest BCUT2D eigenvalue weighted by Crippen LogP contribution is 2.28. The van der Waals surface area contributed by atoms with E-state index in [9.17, 15) is 14.0 Å². The smallest absolute Gasteiger partial charge is 0.337 e. The van der Waals surface area contributed by atoms with E-state index < -0.39 is 17.7 Å². The van der Waals surface area contributed by atoms with Gasteiger partial charge in [-0.2, -0.15) is 0 Å². The first-order valence-electron chi connectivity index (χ1n) is 5.48. The van der Waals surface area contributed by atoms with Gasteiger partial charge in [-0.15, -0.1) is 11.3 Å². The van der Waals surface area contributed by atoms with E-state index in [-0.39, 0.29) is 16.1 Å². The highest BCUT2D eigenvalue weighted by atomic mass is 35.5. The highest BCUT2D eigenvalue weighted by molar-refractivity contribution is 7.13. The van der Waals surface area contributed by atoms with Gasteiger partial charge in [-0.05, 0) is 36.1 Å². The minimum absolute atomic E-state index is 0.107. The average molecular weight is 314 g/mol. The molecular weight excluding hydrogens is 305 g/mol. The van der Waals surface area contributed by atoms with Crippen molar-refractivity contribution in [1.29, 1.82) is 0 Å². The van der Waals surface area contributed by atoms with Crippen LogP contribution in [-0.2, 0) is 0 Å². The topological polar surface area (TPSA) is 66.4 Å². The van der Waals surface area contributed by atoms with E-state index in [1.807, 2.05) is 0 Å². The lowest BCUT2D eigenvalue weighted by Gasteiger charge is -2.08. The first-order chi connectivity index (χ1) is 9.40. The quantitative estimate of drug-likeness (QED) is 0.905. The summed E-state index contributed by atoms with van der Waals surface area (Å²) in [6.45, 7) is 1.75. The van der Waals surface area contributed by atoms with Crippen LogP contribution in [0.15, 0.2) is 23.6 Å². The van der Waals surface area contributed by atoms with Crippen LogP contribution in [0, 0.1) is 12.7 Å². The molecule has 0 radical (unpaired) electrons. The Morgan fingerprint density at radius 3 is 2.65 bits per heavy atom. The van der Waals surface area contributed by atoms with E-state index in [1.165, 1.54) is 0 Å². The van der Waals surface area contributed by atoms with Gasteiger partial charge in [-0.25, -0.2) is 9.18 Å². The lowest BCUT2D eigenvalue weighted by molar-refractivity contribution is 0.0698. The monoisotopic (exact) mass is 313 g/mol. The van der Waals surface area contributed by atoms with E-state index in [4.69, 9.17) is 16.7 Å². The van der Waals surface area contributed by atoms with Crippen molar-refractivity contribution in [2.45, 2.75) is 6.92 Å². The Morgan fingerprint density at radius 2 is 2.10 bits per heavy atom. The molecule has 2 rings (SSSR count). The van der Waals surface area contributed by atoms with Crippen LogP contribution in [-0.4, -0.2) is 17.0 Å². The van der Waals surface area contributed by atoms with Gasteiger partial charge in [0.1, 0.15) is 10.7 Å². The van der Waals surface area contributed by atoms with Crippen LogP contribution in [0.5, 0.6) is 0 Å². The molecule has 7 heteroatoms. The number of carbonyl (C=O) groups excluding carboxylic acids is 1. The van der Waals surface area contributed by atoms with Crippen molar-refractivity contribution in [2.24, 2.45) is 0 Å². The lowest BCUT2D eigenvalue weighted by atomic mass is 10.1. The maximum absolute atomic E-state index is 13.2. The molecule has 0 bridgehead atoms. The lowest BCUT2D eigenvalue weighted by Crippen LogP contribution is -2.14. The largest absolute Gasteiger partial charge is 0.478 e. The van der Waals surface area contributed by atoms with Gasteiger partial charge in [0.2, 0.25) is 0 Å². The number of hydrogen-bond acceptors (Lipinski definition) is 3. The molecule has 0 saturated carbocycles. The maximum Gasteiger partial charge on any atom is 0.337 e. The van der Waals surface area contributed by atoms with Crippen molar-refractivity contribution >= 4 is 40.5 Å². The van der Waals surface area contributed by atoms with Crippen molar-refractivity contribution in [3.63, 3.8) is 0 Å². The summed E-state index contributed by atoms with van der Waals surface area (Å²) in [5.74, 6) is -2.46. The molecule has 1 aromatic carbocycles. The van der Waals surface area contributed by atoms with E-state index in [0.29, 0.717) is 5.02 Å². The zero-order valence-corrected chi connectivity index (χ0v) is 11.8. The number of rotatable bonds is 3. The molecule has 1 amide bonds. The van der Waals surface area contributed by atoms with Gasteiger partial charge >= 0.3 is 5.97 Å². The fourth-order valence-corrected chi connectivity index (χ4v) is 2.74. The molecule has 0 spiro atoms. The molecule has 4 nitrogen and oxygen atoms in total. The predicted molar refractivity (Wildman–Crippen MR) is 75.4 cm³/mol. The van der Waals surface area contributed by atoms with Crippen LogP contribution in [0.25, 0.3) is 0 Å². The number of carboxylic acid groups (broad SMARTS) is 1. The Hall–Kier alpha value is -1.92. The number of hydrogen-bond donors (Lipinski definition) is 2. The van der Waals surface area contributed by atoms with E-state index in [0.717, 1.165) is 35.1 Å². The fourth-order valence-electron chi connectivity index (χ4n) is 1.57. The number of halogens is 2. The van der Waals surface area contributed by atoms with Crippen LogP contribution < -0.4 is 5.32 Å². The van der Waals surface area contributed by atoms with Crippen LogP contribution in [0.1, 0.15) is 25.6 Å². The van der Waals surface area contributed by atoms with Crippen LogP contribution >= 0.6 is 22.9 Å². The molecule has 0 unspecified atom stereocenters. The van der Waals surface area contributed by atoms with Crippen molar-refractivity contribution < 1.29 is 19.1 Å². The molecule has 2 N–H and O–H groups in total. The summed E-state index contributed by atoms with van der Waals surface area (Å²) in [5.41, 5.74) is 0.452. The summed E-state index contributed by atoms with van der Waals surface area (Å²) < 4.78 is 13.2. The second-order valence-electron chi connectivity index (χ2n) is 4.01. The molecule has 1 aromatic heterocycles. The Bertz CT molecular complexity index is 699. The van der Waals surface area contributed by atoms with Crippen molar-refractivity contribution in [3.05, 3.63) is 50.4 Å². The molecule has 0 aliphatic rings. The van der Waals surface area contributed by atoms with Crippen molar-refractivity contribution in [3.8, 4) is 0 Å². The highest BCUT2D eigenvalue weighted by Gasteiger charge is 2.18. The molecule has 104 valence electrons. The number of aromatic carboxylic acids is 1. The molecule has 1 heterocycles. The number of aryl methyl sites for hydroxylation is 1. The first kappa shape index (κ1) is 14.5. The number of benzene rings is 1. The Labute approximate surface area is 122 Å². The summed E-state index contributed by atoms with van der Waals surface area (Å²) >= 11 is 7.10. The van der Waals surface area contributed by atoms with Crippen LogP contribution in [0.4, 0.5) is 10.1 Å². The third-order valence-electron chi connectivity index (χ3n) is 2.57. The summed E-state index contributed by atoms with van der Waals surface area (Å²) in [7, 11) is 0. The normalized spacial score (nSPS) is 10.3. The summed E-state index contributed by atoms with van der Waals surface area (Å²) in [5, 5.41) is 13.4. The number of carbonyl (C=O) groups is 2. The summed E-state index contributed by atoms with van der Waals surface area (Å²) in [6.07, 6.45) is 0. The van der Waals surface area contributed by atoms with Gasteiger partial charge in [0.05, 0.1) is 16.3 Å². The molecule has 0 fully saturated rings. The van der Waals surface area contributed by atoms with Gasteiger partial charge < -0.3 is 10.4 Å². The average Bonchev–Trinajstić information content (AvgIpc) is 2.69. The SMILES string of the molecule is Cc1csc(C(=O)Nc2cc(F)ccc2C(=O)O)c1Cl. The fraction of sp³-hybridized carbons (Fsp3) is 0.0769. The van der Waals surface area contributed by atoms with Gasteiger partial charge in [-0.1, -0.05) is 11.6 Å². The first-order valence-corrected chi connectivity index (χ1v) is 6.73. The minimum Gasteiger partial charge on any atom is -0.478 e. The zero-order chi connectivity index (χ0) is 14.9. The summed E-state index contributed by atoms with van der Waals surface area (Å²) in [4.78, 5) is 23.3. The number of nitrogens with one attached hydrogen (secondary N) is 1. The van der Waals surface area contributed by atoms with Gasteiger partial charge in [0, 0.05) is 0 Å². The third kappa shape index (κ3) is 2.81. The second kappa shape index (κ2) is 5.60. The standard InChI is InChI=1S/C13H9ClFNO3S/c1-6-5-20-11(10(6)14)12(17)16-9-4-7(15)2-3-8(9)13(18)19/h2-5H,1H3,(H,16,17)(H,18,19). The number of carboxylic acids is 1. The molecule has 0 atom stereocenters. The Kier molecular flexibility index (Phi) is 4.06. The predicted octanol–water partition coefficient (Wildman–Crippen LogP) is 3.80. The van der Waals surface area contributed by atoms with Crippen molar-refractivity contribution in [2.75, 3.05) is 5.32 Å². The second-order valence-corrected chi connectivity index (χ2v) is 5.27. The Morgan fingerprint density at radius 1 is 1.40 bits per heavy atom. The Balaban J connectivity index is 2.35. The van der Waals surface area contributed by atoms with Gasteiger partial charge in [0.25, 0.3) is 5.91 Å². The zero-order valence-electron chi connectivity index (χ0n) is 10.2. The maximum atomic E-state index is 13.2. The molecule has 0 saturated heterocycles.